The molecule has 0 unspecified atom stereocenters. The molecule has 1 aromatic carbocycles. The van der Waals surface area contributed by atoms with Crippen LogP contribution in [0.25, 0.3) is 0 Å². The van der Waals surface area contributed by atoms with Gasteiger partial charge in [0.15, 0.2) is 9.84 Å². The number of hydrogen-bond donors (Lipinski definition) is 0. The first kappa shape index (κ1) is 17.1. The molecule has 24 heavy (non-hydrogen) atoms. The second-order valence-electron chi connectivity index (χ2n) is 5.30. The Labute approximate surface area is 144 Å². The average Bonchev–Trinajstić information content (AvgIpc) is 2.55. The number of sulfone groups is 1. The van der Waals surface area contributed by atoms with Crippen molar-refractivity contribution in [3.63, 3.8) is 0 Å². The Bertz CT molecular complexity index is 842. The Morgan fingerprint density at radius 1 is 1.21 bits per heavy atom. The summed E-state index contributed by atoms with van der Waals surface area (Å²) < 4.78 is 43.4. The molecule has 1 aliphatic heterocycles. The van der Waals surface area contributed by atoms with Crippen molar-refractivity contribution in [3.05, 3.63) is 47.0 Å². The molecule has 6 nitrogen and oxygen atoms in total. The minimum absolute atomic E-state index is 0.0924. The number of aromatic nitrogens is 2. The highest BCUT2D eigenvalue weighted by Gasteiger charge is 2.20. The van der Waals surface area contributed by atoms with Crippen LogP contribution in [0, 0.1) is 5.82 Å². The van der Waals surface area contributed by atoms with Crippen LogP contribution in [0.4, 0.5) is 10.3 Å². The van der Waals surface area contributed by atoms with E-state index < -0.39 is 15.7 Å². The molecule has 1 aliphatic rings. The van der Waals surface area contributed by atoms with Gasteiger partial charge in [-0.1, -0.05) is 17.7 Å². The predicted octanol–water partition coefficient (Wildman–Crippen LogP) is 2.08. The van der Waals surface area contributed by atoms with E-state index in [1.54, 1.807) is 0 Å². The number of morpholine rings is 1. The number of rotatable bonds is 4. The van der Waals surface area contributed by atoms with Crippen molar-refractivity contribution in [2.45, 2.75) is 10.6 Å². The van der Waals surface area contributed by atoms with Crippen LogP contribution >= 0.6 is 11.6 Å². The molecule has 2 aromatic rings. The van der Waals surface area contributed by atoms with Crippen LogP contribution in [-0.2, 0) is 20.3 Å². The van der Waals surface area contributed by atoms with Gasteiger partial charge in [-0.05, 0) is 24.3 Å². The Balaban J connectivity index is 1.88. The van der Waals surface area contributed by atoms with E-state index in [9.17, 15) is 12.8 Å². The van der Waals surface area contributed by atoms with Gasteiger partial charge >= 0.3 is 0 Å². The quantitative estimate of drug-likeness (QED) is 0.766. The van der Waals surface area contributed by atoms with Gasteiger partial charge in [-0.2, -0.15) is 0 Å². The van der Waals surface area contributed by atoms with Gasteiger partial charge in [0.1, 0.15) is 11.0 Å². The molecule has 0 atom stereocenters. The summed E-state index contributed by atoms with van der Waals surface area (Å²) in [7, 11) is -3.73. The van der Waals surface area contributed by atoms with E-state index >= 15 is 0 Å². The van der Waals surface area contributed by atoms with Crippen LogP contribution in [0.5, 0.6) is 0 Å². The largest absolute Gasteiger partial charge is 0.378 e. The van der Waals surface area contributed by atoms with Gasteiger partial charge in [0.05, 0.1) is 29.6 Å². The normalized spacial score (nSPS) is 15.5. The highest BCUT2D eigenvalue weighted by molar-refractivity contribution is 7.90. The zero-order valence-corrected chi connectivity index (χ0v) is 14.2. The van der Waals surface area contributed by atoms with E-state index in [1.165, 1.54) is 24.3 Å². The van der Waals surface area contributed by atoms with E-state index in [-0.39, 0.29) is 21.5 Å². The fourth-order valence-corrected chi connectivity index (χ4v) is 3.85. The van der Waals surface area contributed by atoms with E-state index in [2.05, 4.69) is 9.97 Å². The maximum absolute atomic E-state index is 13.3. The molecule has 3 rings (SSSR count). The standard InChI is InChI=1S/C15H15ClFN3O3S/c16-14-9-12(18-15(19-14)20-4-6-23-7-5-20)10-24(21,22)13-3-1-2-11(17)8-13/h1-3,8-9H,4-7,10H2. The van der Waals surface area contributed by atoms with Crippen molar-refractivity contribution in [1.29, 1.82) is 0 Å². The zero-order chi connectivity index (χ0) is 17.2. The summed E-state index contributed by atoms with van der Waals surface area (Å²) >= 11 is 6.01. The lowest BCUT2D eigenvalue weighted by molar-refractivity contribution is 0.122. The van der Waals surface area contributed by atoms with E-state index in [0.29, 0.717) is 32.3 Å². The van der Waals surface area contributed by atoms with Gasteiger partial charge in [-0.3, -0.25) is 0 Å². The molecule has 9 heteroatoms. The Morgan fingerprint density at radius 2 is 1.96 bits per heavy atom. The Kier molecular flexibility index (Phi) is 4.98. The smallest absolute Gasteiger partial charge is 0.227 e. The fourth-order valence-electron chi connectivity index (χ4n) is 2.37. The van der Waals surface area contributed by atoms with Crippen molar-refractivity contribution in [2.24, 2.45) is 0 Å². The van der Waals surface area contributed by atoms with Gasteiger partial charge in [0.25, 0.3) is 0 Å². The number of benzene rings is 1. The fraction of sp³-hybridized carbons (Fsp3) is 0.333. The molecule has 1 saturated heterocycles. The molecule has 2 heterocycles. The summed E-state index contributed by atoms with van der Waals surface area (Å²) in [5, 5.41) is 0.163. The summed E-state index contributed by atoms with van der Waals surface area (Å²) in [6.07, 6.45) is 0. The second kappa shape index (κ2) is 7.00. The SMILES string of the molecule is O=S(=O)(Cc1cc(Cl)nc(N2CCOCC2)n1)c1cccc(F)c1. The molecule has 0 radical (unpaired) electrons. The highest BCUT2D eigenvalue weighted by Crippen LogP contribution is 2.20. The van der Waals surface area contributed by atoms with Crippen LogP contribution in [0.3, 0.4) is 0 Å². The lowest BCUT2D eigenvalue weighted by Crippen LogP contribution is -2.37. The molecule has 0 saturated carbocycles. The Hall–Kier alpha value is -1.77. The highest BCUT2D eigenvalue weighted by atomic mass is 35.5. The lowest BCUT2D eigenvalue weighted by atomic mass is 10.3. The topological polar surface area (TPSA) is 72.4 Å². The second-order valence-corrected chi connectivity index (χ2v) is 7.67. The van der Waals surface area contributed by atoms with Gasteiger partial charge in [0, 0.05) is 13.1 Å². The van der Waals surface area contributed by atoms with Gasteiger partial charge in [-0.15, -0.1) is 0 Å². The maximum atomic E-state index is 13.3. The van der Waals surface area contributed by atoms with Crippen LogP contribution in [0.15, 0.2) is 35.2 Å². The van der Waals surface area contributed by atoms with E-state index in [1.807, 2.05) is 4.90 Å². The predicted molar refractivity (Wildman–Crippen MR) is 87.4 cm³/mol. The monoisotopic (exact) mass is 371 g/mol. The average molecular weight is 372 g/mol. The molecule has 128 valence electrons. The number of nitrogens with zero attached hydrogens (tertiary/aromatic N) is 3. The van der Waals surface area contributed by atoms with Crippen molar-refractivity contribution in [3.8, 4) is 0 Å². The van der Waals surface area contributed by atoms with Crippen LogP contribution in [0.1, 0.15) is 5.69 Å². The van der Waals surface area contributed by atoms with E-state index in [4.69, 9.17) is 16.3 Å². The van der Waals surface area contributed by atoms with Crippen molar-refractivity contribution >= 4 is 27.4 Å². The molecule has 1 aromatic heterocycles. The summed E-state index contributed by atoms with van der Waals surface area (Å²) in [4.78, 5) is 10.2. The summed E-state index contributed by atoms with van der Waals surface area (Å²) in [5.74, 6) is -0.614. The summed E-state index contributed by atoms with van der Waals surface area (Å²) in [6.45, 7) is 2.31. The molecule has 0 spiro atoms. The molecule has 1 fully saturated rings. The number of ether oxygens (including phenoxy) is 1. The minimum atomic E-state index is -3.73. The molecular weight excluding hydrogens is 357 g/mol. The third-order valence-electron chi connectivity index (χ3n) is 3.52. The Morgan fingerprint density at radius 3 is 2.67 bits per heavy atom. The molecule has 0 N–H and O–H groups in total. The first-order chi connectivity index (χ1) is 11.4. The van der Waals surface area contributed by atoms with Crippen LogP contribution < -0.4 is 4.90 Å². The molecule has 0 amide bonds. The van der Waals surface area contributed by atoms with Crippen molar-refractivity contribution < 1.29 is 17.5 Å². The maximum Gasteiger partial charge on any atom is 0.227 e. The first-order valence-electron chi connectivity index (χ1n) is 7.28. The molecule has 0 bridgehead atoms. The summed E-state index contributed by atoms with van der Waals surface area (Å²) in [6, 6.07) is 6.29. The van der Waals surface area contributed by atoms with E-state index in [0.717, 1.165) is 6.07 Å². The zero-order valence-electron chi connectivity index (χ0n) is 12.7. The number of halogens is 2. The van der Waals surface area contributed by atoms with Crippen LogP contribution in [0.2, 0.25) is 5.15 Å². The number of anilines is 1. The van der Waals surface area contributed by atoms with Crippen molar-refractivity contribution in [1.82, 2.24) is 9.97 Å². The van der Waals surface area contributed by atoms with Gasteiger partial charge in [-0.25, -0.2) is 22.8 Å². The van der Waals surface area contributed by atoms with Crippen molar-refractivity contribution in [2.75, 3.05) is 31.2 Å². The van der Waals surface area contributed by atoms with Crippen LogP contribution in [-0.4, -0.2) is 44.7 Å². The molecule has 0 aliphatic carbocycles. The summed E-state index contributed by atoms with van der Waals surface area (Å²) in [5.41, 5.74) is 0.265. The molecular formula is C15H15ClFN3O3S. The number of hydrogen-bond acceptors (Lipinski definition) is 6. The van der Waals surface area contributed by atoms with Gasteiger partial charge < -0.3 is 9.64 Å². The van der Waals surface area contributed by atoms with Gasteiger partial charge in [0.2, 0.25) is 5.95 Å². The third-order valence-corrected chi connectivity index (χ3v) is 5.36. The third kappa shape index (κ3) is 4.00. The first-order valence-corrected chi connectivity index (χ1v) is 9.31. The lowest BCUT2D eigenvalue weighted by Gasteiger charge is -2.27. The minimum Gasteiger partial charge on any atom is -0.378 e.